The maximum absolute atomic E-state index is 12.2. The fourth-order valence-electron chi connectivity index (χ4n) is 3.98. The van der Waals surface area contributed by atoms with Crippen molar-refractivity contribution in [1.82, 2.24) is 24.7 Å². The van der Waals surface area contributed by atoms with Crippen molar-refractivity contribution in [3.8, 4) is 11.4 Å². The zero-order chi connectivity index (χ0) is 23.8. The number of anilines is 1. The number of nitrogens with one attached hydrogen (secondary N) is 2. The molecule has 174 valence electrons. The van der Waals surface area contributed by atoms with Gasteiger partial charge in [-0.3, -0.25) is 5.10 Å². The number of methoxy groups -OCH3 is 1. The van der Waals surface area contributed by atoms with Gasteiger partial charge in [-0.05, 0) is 30.7 Å². The minimum Gasteiger partial charge on any atom is -0.465 e. The summed E-state index contributed by atoms with van der Waals surface area (Å²) in [5, 5.41) is 12.5. The second-order valence-electron chi connectivity index (χ2n) is 9.24. The van der Waals surface area contributed by atoms with Gasteiger partial charge in [-0.2, -0.15) is 5.10 Å². The molecule has 0 bridgehead atoms. The molecule has 33 heavy (non-hydrogen) atoms. The topological polar surface area (TPSA) is 107 Å². The van der Waals surface area contributed by atoms with Gasteiger partial charge in [0, 0.05) is 27.1 Å². The van der Waals surface area contributed by atoms with Crippen molar-refractivity contribution in [3.05, 3.63) is 35.7 Å². The Morgan fingerprint density at radius 3 is 2.73 bits per heavy atom. The van der Waals surface area contributed by atoms with Crippen LogP contribution >= 0.6 is 0 Å². The highest BCUT2D eigenvalue weighted by Gasteiger charge is 2.23. The number of fused-ring (bicyclic) bond motifs is 2. The third-order valence-electron chi connectivity index (χ3n) is 5.78. The van der Waals surface area contributed by atoms with E-state index in [1.165, 1.54) is 13.4 Å². The lowest BCUT2D eigenvalue weighted by Crippen LogP contribution is -2.22. The molecule has 3 heterocycles. The van der Waals surface area contributed by atoms with Crippen LogP contribution in [-0.2, 0) is 16.2 Å². The van der Waals surface area contributed by atoms with E-state index in [0.29, 0.717) is 30.4 Å². The molecule has 0 fully saturated rings. The average Bonchev–Trinajstić information content (AvgIpc) is 3.33. The number of esters is 1. The summed E-state index contributed by atoms with van der Waals surface area (Å²) in [4.78, 5) is 20.9. The molecule has 0 aliphatic heterocycles. The van der Waals surface area contributed by atoms with E-state index < -0.39 is 8.07 Å². The van der Waals surface area contributed by atoms with Crippen LogP contribution < -0.4 is 5.32 Å². The van der Waals surface area contributed by atoms with E-state index in [2.05, 4.69) is 56.6 Å². The predicted molar refractivity (Wildman–Crippen MR) is 132 cm³/mol. The van der Waals surface area contributed by atoms with Crippen molar-refractivity contribution in [3.63, 3.8) is 0 Å². The molecule has 4 rings (SSSR count). The molecule has 1 aromatic carbocycles. The molecule has 0 amide bonds. The van der Waals surface area contributed by atoms with Gasteiger partial charge in [0.2, 0.25) is 0 Å². The van der Waals surface area contributed by atoms with Gasteiger partial charge in [0.25, 0.3) is 0 Å². The summed E-state index contributed by atoms with van der Waals surface area (Å²) in [6, 6.07) is 6.66. The van der Waals surface area contributed by atoms with E-state index >= 15 is 0 Å². The van der Waals surface area contributed by atoms with Crippen LogP contribution in [0.15, 0.2) is 24.5 Å². The molecule has 0 unspecified atom stereocenters. The summed E-state index contributed by atoms with van der Waals surface area (Å²) in [5.74, 6) is 0.316. The number of nitrogens with zero attached hydrogens (tertiary/aromatic N) is 4. The summed E-state index contributed by atoms with van der Waals surface area (Å²) >= 11 is 0. The van der Waals surface area contributed by atoms with E-state index in [-0.39, 0.29) is 5.97 Å². The lowest BCUT2D eigenvalue weighted by molar-refractivity contribution is 0.0600. The van der Waals surface area contributed by atoms with Crippen LogP contribution in [0.4, 0.5) is 5.82 Å². The van der Waals surface area contributed by atoms with Crippen molar-refractivity contribution < 1.29 is 14.3 Å². The molecule has 0 saturated heterocycles. The maximum Gasteiger partial charge on any atom is 0.337 e. The van der Waals surface area contributed by atoms with Crippen molar-refractivity contribution in [2.24, 2.45) is 0 Å². The van der Waals surface area contributed by atoms with Gasteiger partial charge in [-0.15, -0.1) is 0 Å². The second kappa shape index (κ2) is 8.95. The number of hydrogen-bond donors (Lipinski definition) is 2. The number of rotatable bonds is 8. The van der Waals surface area contributed by atoms with Gasteiger partial charge in [-0.1, -0.05) is 25.7 Å². The van der Waals surface area contributed by atoms with Gasteiger partial charge >= 0.3 is 5.97 Å². The highest BCUT2D eigenvalue weighted by Crippen LogP contribution is 2.37. The summed E-state index contributed by atoms with van der Waals surface area (Å²) in [5.41, 5.74) is 4.74. The zero-order valence-corrected chi connectivity index (χ0v) is 20.9. The van der Waals surface area contributed by atoms with Crippen LogP contribution in [0.25, 0.3) is 33.3 Å². The lowest BCUT2D eigenvalue weighted by Gasteiger charge is -2.17. The minimum absolute atomic E-state index is 0.345. The van der Waals surface area contributed by atoms with Crippen LogP contribution in [0.1, 0.15) is 15.9 Å². The van der Waals surface area contributed by atoms with Gasteiger partial charge in [-0.25, -0.2) is 14.8 Å². The highest BCUT2D eigenvalue weighted by molar-refractivity contribution is 6.76. The first kappa shape index (κ1) is 22.9. The molecule has 9 nitrogen and oxygen atoms in total. The molecular formula is C23H30N6O3Si. The Kier molecular flexibility index (Phi) is 6.22. The number of benzene rings is 1. The number of ether oxygens (including phenoxy) is 2. The third kappa shape index (κ3) is 4.35. The molecule has 0 atom stereocenters. The largest absolute Gasteiger partial charge is 0.465 e. The number of carbonyl (C=O) groups excluding carboxylic acids is 1. The van der Waals surface area contributed by atoms with Crippen LogP contribution in [0, 0.1) is 6.92 Å². The maximum atomic E-state index is 12.2. The Bertz CT molecular complexity index is 1320. The molecule has 0 aliphatic carbocycles. The first-order chi connectivity index (χ1) is 15.7. The summed E-state index contributed by atoms with van der Waals surface area (Å²) in [6.07, 6.45) is 1.49. The minimum atomic E-state index is -1.22. The van der Waals surface area contributed by atoms with Crippen LogP contribution in [0.5, 0.6) is 0 Å². The van der Waals surface area contributed by atoms with Gasteiger partial charge in [0.1, 0.15) is 18.9 Å². The first-order valence-electron chi connectivity index (χ1n) is 10.9. The van der Waals surface area contributed by atoms with E-state index in [0.717, 1.165) is 39.3 Å². The fourth-order valence-corrected chi connectivity index (χ4v) is 4.73. The summed E-state index contributed by atoms with van der Waals surface area (Å²) in [7, 11) is 1.98. The number of H-pyrrole nitrogens is 1. The molecule has 4 aromatic rings. The Labute approximate surface area is 193 Å². The number of aryl methyl sites for hydroxylation is 1. The molecule has 0 saturated carbocycles. The molecule has 10 heteroatoms. The Hall–Kier alpha value is -3.24. The summed E-state index contributed by atoms with van der Waals surface area (Å²) in [6.45, 7) is 10.1. The number of carbonyl (C=O) groups is 1. The van der Waals surface area contributed by atoms with E-state index in [9.17, 15) is 4.79 Å². The standard InChI is InChI=1S/C23H30N6O3Si/c1-14-16-8-7-15(23(30)31-3)11-17(16)29(13-32-9-10-33(4,5)6)20(14)19-18-21(24-2)25-12-26-22(18)28-27-19/h7-8,11-12H,9-10,13H2,1-6H3,(H2,24,25,26,27,28). The Morgan fingerprint density at radius 1 is 1.24 bits per heavy atom. The van der Waals surface area contributed by atoms with Crippen molar-refractivity contribution in [1.29, 1.82) is 0 Å². The van der Waals surface area contributed by atoms with Gasteiger partial charge < -0.3 is 19.4 Å². The molecular weight excluding hydrogens is 436 g/mol. The second-order valence-corrected chi connectivity index (χ2v) is 14.9. The Balaban J connectivity index is 1.89. The monoisotopic (exact) mass is 466 g/mol. The van der Waals surface area contributed by atoms with Crippen molar-refractivity contribution >= 4 is 41.8 Å². The fraction of sp³-hybridized carbons (Fsp3) is 0.391. The lowest BCUT2D eigenvalue weighted by atomic mass is 10.1. The first-order valence-corrected chi connectivity index (χ1v) is 14.6. The van der Waals surface area contributed by atoms with Gasteiger partial charge in [0.15, 0.2) is 5.65 Å². The van der Waals surface area contributed by atoms with E-state index in [1.54, 1.807) is 6.07 Å². The van der Waals surface area contributed by atoms with Crippen LogP contribution in [0.3, 0.4) is 0 Å². The number of aromatic amines is 1. The zero-order valence-electron chi connectivity index (χ0n) is 19.9. The van der Waals surface area contributed by atoms with Crippen molar-refractivity contribution in [2.45, 2.75) is 39.3 Å². The number of hydrogen-bond acceptors (Lipinski definition) is 7. The quantitative estimate of drug-likeness (QED) is 0.225. The Morgan fingerprint density at radius 2 is 2.03 bits per heavy atom. The van der Waals surface area contributed by atoms with E-state index in [4.69, 9.17) is 9.47 Å². The SMILES string of the molecule is CNc1ncnc2n[nH]c(-c3c(C)c4ccc(C(=O)OC)cc4n3COCC[Si](C)(C)C)c12. The average molecular weight is 467 g/mol. The predicted octanol–water partition coefficient (Wildman–Crippen LogP) is 4.42. The van der Waals surface area contributed by atoms with Crippen LogP contribution in [0.2, 0.25) is 25.7 Å². The van der Waals surface area contributed by atoms with Crippen molar-refractivity contribution in [2.75, 3.05) is 26.1 Å². The number of aromatic nitrogens is 5. The van der Waals surface area contributed by atoms with Crippen LogP contribution in [-0.4, -0.2) is 59.5 Å². The molecule has 0 radical (unpaired) electrons. The highest BCUT2D eigenvalue weighted by atomic mass is 28.3. The smallest absolute Gasteiger partial charge is 0.337 e. The molecule has 0 aliphatic rings. The molecule has 2 N–H and O–H groups in total. The molecule has 3 aromatic heterocycles. The molecule has 0 spiro atoms. The van der Waals surface area contributed by atoms with E-state index in [1.807, 2.05) is 19.2 Å². The van der Waals surface area contributed by atoms with Gasteiger partial charge in [0.05, 0.1) is 35.0 Å². The normalized spacial score (nSPS) is 11.9. The summed E-state index contributed by atoms with van der Waals surface area (Å²) < 4.78 is 13.2. The third-order valence-corrected chi connectivity index (χ3v) is 7.48.